The largest absolute Gasteiger partial charge is 0.382 e. The highest BCUT2D eigenvalue weighted by molar-refractivity contribution is 7.22. The lowest BCUT2D eigenvalue weighted by atomic mass is 10.2. The molecule has 0 bridgehead atoms. The van der Waals surface area contributed by atoms with Crippen molar-refractivity contribution in [3.8, 4) is 22.3 Å². The minimum Gasteiger partial charge on any atom is -0.382 e. The van der Waals surface area contributed by atoms with Crippen molar-refractivity contribution in [3.05, 3.63) is 66.2 Å². The van der Waals surface area contributed by atoms with E-state index in [2.05, 4.69) is 29.4 Å². The quantitative estimate of drug-likeness (QED) is 0.602. The molecule has 2 aromatic carbocycles. The predicted molar refractivity (Wildman–Crippen MR) is 93.5 cm³/mol. The van der Waals surface area contributed by atoms with Gasteiger partial charge in [-0.2, -0.15) is 10.4 Å². The zero-order valence-corrected chi connectivity index (χ0v) is 12.9. The topological polar surface area (TPSA) is 67.6 Å². The fourth-order valence-corrected chi connectivity index (χ4v) is 3.63. The van der Waals surface area contributed by atoms with Gasteiger partial charge in [-0.3, -0.25) is 0 Å². The first-order valence-corrected chi connectivity index (χ1v) is 7.92. The minimum absolute atomic E-state index is 0.367. The number of hydrogen-bond donors (Lipinski definition) is 1. The summed E-state index contributed by atoms with van der Waals surface area (Å²) in [6.45, 7) is 0. The summed E-state index contributed by atoms with van der Waals surface area (Å²) in [6.07, 6.45) is 0. The molecule has 110 valence electrons. The van der Waals surface area contributed by atoms with E-state index in [1.165, 1.54) is 4.70 Å². The first-order valence-electron chi connectivity index (χ1n) is 7.11. The Labute approximate surface area is 137 Å². The highest BCUT2D eigenvalue weighted by Gasteiger charge is 2.19. The van der Waals surface area contributed by atoms with Gasteiger partial charge in [-0.05, 0) is 29.7 Å². The molecule has 0 radical (unpaired) electrons. The van der Waals surface area contributed by atoms with Crippen molar-refractivity contribution in [2.24, 2.45) is 0 Å². The second-order valence-corrected chi connectivity index (χ2v) is 6.20. The number of hydrogen-bond acceptors (Lipinski definition) is 4. The Hall–Kier alpha value is -3.10. The highest BCUT2D eigenvalue weighted by Crippen LogP contribution is 2.36. The summed E-state index contributed by atoms with van der Waals surface area (Å²) in [5.74, 6) is 0.367. The molecule has 0 atom stereocenters. The van der Waals surface area contributed by atoms with Crippen molar-refractivity contribution in [2.75, 3.05) is 5.73 Å². The van der Waals surface area contributed by atoms with Gasteiger partial charge >= 0.3 is 0 Å². The molecular formula is C18H12N4S. The molecule has 0 aliphatic carbocycles. The van der Waals surface area contributed by atoms with Crippen LogP contribution in [0.2, 0.25) is 0 Å². The molecule has 2 heterocycles. The normalized spacial score (nSPS) is 10.7. The molecule has 0 unspecified atom stereocenters. The maximum absolute atomic E-state index is 9.52. The van der Waals surface area contributed by atoms with E-state index in [0.717, 1.165) is 16.0 Å². The molecule has 4 nitrogen and oxygen atoms in total. The van der Waals surface area contributed by atoms with Crippen molar-refractivity contribution >= 4 is 27.2 Å². The molecule has 0 spiro atoms. The summed E-state index contributed by atoms with van der Waals surface area (Å²) in [6, 6.07) is 22.0. The molecule has 0 saturated carbocycles. The van der Waals surface area contributed by atoms with Crippen LogP contribution >= 0.6 is 11.3 Å². The molecule has 0 aliphatic heterocycles. The number of anilines is 1. The van der Waals surface area contributed by atoms with Crippen LogP contribution in [0.3, 0.4) is 0 Å². The van der Waals surface area contributed by atoms with Gasteiger partial charge in [0.15, 0.2) is 0 Å². The monoisotopic (exact) mass is 316 g/mol. The zero-order valence-electron chi connectivity index (χ0n) is 12.1. The fraction of sp³-hybridized carbons (Fsp3) is 0. The van der Waals surface area contributed by atoms with Crippen LogP contribution in [0.1, 0.15) is 5.56 Å². The second kappa shape index (κ2) is 5.27. The van der Waals surface area contributed by atoms with E-state index < -0.39 is 0 Å². The zero-order chi connectivity index (χ0) is 15.8. The van der Waals surface area contributed by atoms with Crippen LogP contribution in [0.5, 0.6) is 0 Å². The number of rotatable bonds is 2. The number of nitrogens with zero attached hydrogens (tertiary/aromatic N) is 3. The third-order valence-electron chi connectivity index (χ3n) is 3.69. The van der Waals surface area contributed by atoms with Crippen LogP contribution in [-0.2, 0) is 0 Å². The molecule has 0 aliphatic rings. The average molecular weight is 316 g/mol. The predicted octanol–water partition coefficient (Wildman–Crippen LogP) is 4.21. The Morgan fingerprint density at radius 1 is 1.04 bits per heavy atom. The number of nitrogen functional groups attached to an aromatic ring is 1. The maximum atomic E-state index is 9.52. The Morgan fingerprint density at radius 3 is 2.52 bits per heavy atom. The van der Waals surface area contributed by atoms with Crippen LogP contribution in [-0.4, -0.2) is 9.78 Å². The van der Waals surface area contributed by atoms with Crippen LogP contribution in [0.15, 0.2) is 60.7 Å². The van der Waals surface area contributed by atoms with E-state index in [9.17, 15) is 5.26 Å². The second-order valence-electron chi connectivity index (χ2n) is 5.12. The summed E-state index contributed by atoms with van der Waals surface area (Å²) < 4.78 is 2.79. The number of para-hydroxylation sites is 1. The molecule has 4 aromatic rings. The van der Waals surface area contributed by atoms with Gasteiger partial charge in [-0.15, -0.1) is 11.3 Å². The fourth-order valence-electron chi connectivity index (χ4n) is 2.58. The van der Waals surface area contributed by atoms with Crippen LogP contribution in [0.4, 0.5) is 5.82 Å². The number of nitrogens with two attached hydrogens (primary N) is 1. The first-order chi connectivity index (χ1) is 11.3. The number of nitriles is 1. The molecular weight excluding hydrogens is 304 g/mol. The molecule has 0 fully saturated rings. The lowest BCUT2D eigenvalue weighted by molar-refractivity contribution is 0.896. The average Bonchev–Trinajstić information content (AvgIpc) is 3.16. The lowest BCUT2D eigenvalue weighted by Crippen LogP contribution is -2.01. The molecule has 4 rings (SSSR count). The van der Waals surface area contributed by atoms with Gasteiger partial charge in [0, 0.05) is 4.70 Å². The third-order valence-corrected chi connectivity index (χ3v) is 4.82. The van der Waals surface area contributed by atoms with Gasteiger partial charge in [0.25, 0.3) is 0 Å². The maximum Gasteiger partial charge on any atom is 0.145 e. The Bertz CT molecular complexity index is 1010. The number of thiophene rings is 1. The summed E-state index contributed by atoms with van der Waals surface area (Å²) in [5, 5.41) is 15.3. The smallest absolute Gasteiger partial charge is 0.145 e. The van der Waals surface area contributed by atoms with Gasteiger partial charge in [0.1, 0.15) is 23.1 Å². The van der Waals surface area contributed by atoms with Crippen molar-refractivity contribution < 1.29 is 0 Å². The van der Waals surface area contributed by atoms with Gasteiger partial charge in [0.05, 0.1) is 10.6 Å². The number of benzene rings is 2. The van der Waals surface area contributed by atoms with E-state index in [1.54, 1.807) is 16.0 Å². The molecule has 5 heteroatoms. The van der Waals surface area contributed by atoms with Crippen molar-refractivity contribution in [3.63, 3.8) is 0 Å². The first kappa shape index (κ1) is 13.6. The van der Waals surface area contributed by atoms with Gasteiger partial charge in [0.2, 0.25) is 0 Å². The standard InChI is InChI=1S/C18H12N4S/c19-11-14-17(16-10-12-6-4-5-9-15(12)23-16)21-22(18(14)20)13-7-2-1-3-8-13/h1-10H,20H2. The molecule has 0 amide bonds. The molecule has 23 heavy (non-hydrogen) atoms. The van der Waals surface area contributed by atoms with E-state index in [1.807, 2.05) is 42.5 Å². The summed E-state index contributed by atoms with van der Waals surface area (Å²) in [5.41, 5.74) is 8.05. The Kier molecular flexibility index (Phi) is 3.11. The van der Waals surface area contributed by atoms with E-state index in [-0.39, 0.29) is 0 Å². The van der Waals surface area contributed by atoms with E-state index >= 15 is 0 Å². The number of fused-ring (bicyclic) bond motifs is 1. The van der Waals surface area contributed by atoms with Crippen molar-refractivity contribution in [1.82, 2.24) is 9.78 Å². The van der Waals surface area contributed by atoms with Crippen molar-refractivity contribution in [2.45, 2.75) is 0 Å². The summed E-state index contributed by atoms with van der Waals surface area (Å²) in [4.78, 5) is 0.948. The Balaban J connectivity index is 1.94. The highest BCUT2D eigenvalue weighted by atomic mass is 32.1. The Morgan fingerprint density at radius 2 is 1.78 bits per heavy atom. The third kappa shape index (κ3) is 2.17. The van der Waals surface area contributed by atoms with E-state index in [4.69, 9.17) is 5.73 Å². The summed E-state index contributed by atoms with van der Waals surface area (Å²) in [7, 11) is 0. The van der Waals surface area contributed by atoms with E-state index in [0.29, 0.717) is 17.1 Å². The SMILES string of the molecule is N#Cc1c(-c2cc3ccccc3s2)nn(-c2ccccc2)c1N. The van der Waals surface area contributed by atoms with Crippen molar-refractivity contribution in [1.29, 1.82) is 5.26 Å². The number of aromatic nitrogens is 2. The van der Waals surface area contributed by atoms with Crippen LogP contribution < -0.4 is 5.73 Å². The molecule has 2 aromatic heterocycles. The summed E-state index contributed by atoms with van der Waals surface area (Å²) >= 11 is 1.61. The molecule has 2 N–H and O–H groups in total. The van der Waals surface area contributed by atoms with Crippen LogP contribution in [0, 0.1) is 11.3 Å². The van der Waals surface area contributed by atoms with Crippen LogP contribution in [0.25, 0.3) is 26.3 Å². The van der Waals surface area contributed by atoms with Gasteiger partial charge in [-0.25, -0.2) is 4.68 Å². The van der Waals surface area contributed by atoms with Gasteiger partial charge < -0.3 is 5.73 Å². The molecule has 0 saturated heterocycles. The minimum atomic E-state index is 0.367. The lowest BCUT2D eigenvalue weighted by Gasteiger charge is -2.02. The van der Waals surface area contributed by atoms with Gasteiger partial charge in [-0.1, -0.05) is 36.4 Å².